The topological polar surface area (TPSA) is 78.9 Å². The van der Waals surface area contributed by atoms with Crippen LogP contribution in [0, 0.1) is 0 Å². The zero-order chi connectivity index (χ0) is 51.4. The van der Waals surface area contributed by atoms with Crippen LogP contribution >= 0.6 is 0 Å². The minimum absolute atomic E-state index is 0.0842. The van der Waals surface area contributed by atoms with Gasteiger partial charge < -0.3 is 14.2 Å². The highest BCUT2D eigenvalue weighted by Crippen LogP contribution is 2.14. The van der Waals surface area contributed by atoms with Gasteiger partial charge in [0.1, 0.15) is 13.2 Å². The van der Waals surface area contributed by atoms with E-state index in [-0.39, 0.29) is 31.1 Å². The van der Waals surface area contributed by atoms with Crippen molar-refractivity contribution in [2.75, 3.05) is 13.2 Å². The molecule has 0 heterocycles. The molecule has 0 rings (SSSR count). The van der Waals surface area contributed by atoms with E-state index in [1.165, 1.54) is 89.9 Å². The lowest BCUT2D eigenvalue weighted by molar-refractivity contribution is -0.167. The molecule has 0 aliphatic carbocycles. The molecule has 0 N–H and O–H groups in total. The van der Waals surface area contributed by atoms with Crippen molar-refractivity contribution in [1.82, 2.24) is 0 Å². The first-order valence-electron chi connectivity index (χ1n) is 29.4. The van der Waals surface area contributed by atoms with Crippen LogP contribution in [0.2, 0.25) is 0 Å². The number of rotatable bonds is 52. The largest absolute Gasteiger partial charge is 0.462 e. The Morgan fingerprint density at radius 3 is 0.873 bits per heavy atom. The van der Waals surface area contributed by atoms with E-state index in [1.54, 1.807) is 0 Å². The molecule has 0 spiro atoms. The quantitative estimate of drug-likeness (QED) is 0.0261. The summed E-state index contributed by atoms with van der Waals surface area (Å²) in [5.41, 5.74) is 0. The van der Waals surface area contributed by atoms with E-state index in [1.807, 2.05) is 0 Å². The van der Waals surface area contributed by atoms with Gasteiger partial charge in [-0.25, -0.2) is 0 Å². The molecule has 0 aliphatic heterocycles. The molecule has 1 atom stereocenters. The second kappa shape index (κ2) is 58.6. The maximum absolute atomic E-state index is 12.7. The van der Waals surface area contributed by atoms with Crippen LogP contribution in [0.5, 0.6) is 0 Å². The standard InChI is InChI=1S/C65H108O6/c1-4-7-10-13-15-17-19-21-23-24-25-26-27-28-29-30-31-32-33-34-35-36-37-38-39-40-42-43-45-47-49-52-55-58-64(67)70-61-62(60-69-63(66)57-54-51-12-9-6-3)71-65(68)59-56-53-50-48-46-44-41-22-20-18-16-14-11-8-5-2/h7,10,15,17,21-23,25-26,28-29,31-32,34-35,37-38,41,62H,4-6,8-9,11-14,16,18-20,24,27,30,33,36,39-40,42-61H2,1-3H3/b10-7-,17-15-,23-21-,26-25-,29-28-,32-31-,35-34-,38-37-,41-22-. The molecule has 6 nitrogen and oxygen atoms in total. The van der Waals surface area contributed by atoms with Crippen LogP contribution in [-0.2, 0) is 28.6 Å². The Kier molecular flexibility index (Phi) is 55.4. The fourth-order valence-electron chi connectivity index (χ4n) is 7.86. The SMILES string of the molecule is CC/C=C\C/C=C\C/C=C\C/C=C\C/C=C\C/C=C\C/C=C\C/C=C\CCCCCCCCCCC(=O)OCC(COC(=O)CCCCCCC)OC(=O)CCCCCCC/C=C\CCCCCCCC. The molecule has 71 heavy (non-hydrogen) atoms. The molecular formula is C65H108O6. The number of carbonyl (C=O) groups is 3. The minimum Gasteiger partial charge on any atom is -0.462 e. The fourth-order valence-corrected chi connectivity index (χ4v) is 7.86. The van der Waals surface area contributed by atoms with Gasteiger partial charge in [-0.15, -0.1) is 0 Å². The van der Waals surface area contributed by atoms with Gasteiger partial charge in [0.25, 0.3) is 0 Å². The highest BCUT2D eigenvalue weighted by atomic mass is 16.6. The monoisotopic (exact) mass is 985 g/mol. The normalized spacial score (nSPS) is 12.9. The van der Waals surface area contributed by atoms with E-state index in [0.717, 1.165) is 135 Å². The maximum Gasteiger partial charge on any atom is 0.306 e. The first-order valence-corrected chi connectivity index (χ1v) is 29.4. The second-order valence-electron chi connectivity index (χ2n) is 19.2. The summed E-state index contributed by atoms with van der Waals surface area (Å²) in [7, 11) is 0. The van der Waals surface area contributed by atoms with Gasteiger partial charge in [-0.05, 0) is 109 Å². The van der Waals surface area contributed by atoms with Gasteiger partial charge in [0, 0.05) is 19.3 Å². The Morgan fingerprint density at radius 1 is 0.296 bits per heavy atom. The van der Waals surface area contributed by atoms with E-state index in [0.29, 0.717) is 19.3 Å². The predicted octanol–water partition coefficient (Wildman–Crippen LogP) is 19.9. The Bertz CT molecular complexity index is 1460. The first kappa shape index (κ1) is 67.1. The molecule has 6 heteroatoms. The molecule has 1 unspecified atom stereocenters. The summed E-state index contributed by atoms with van der Waals surface area (Å²) in [6, 6.07) is 0. The van der Waals surface area contributed by atoms with Gasteiger partial charge in [-0.2, -0.15) is 0 Å². The van der Waals surface area contributed by atoms with Crippen LogP contribution in [-0.4, -0.2) is 37.2 Å². The number of allylic oxidation sites excluding steroid dienone is 18. The second-order valence-corrected chi connectivity index (χ2v) is 19.2. The summed E-state index contributed by atoms with van der Waals surface area (Å²) < 4.78 is 16.7. The molecule has 404 valence electrons. The third kappa shape index (κ3) is 56.9. The van der Waals surface area contributed by atoms with Crippen molar-refractivity contribution >= 4 is 17.9 Å². The molecule has 0 aromatic carbocycles. The van der Waals surface area contributed by atoms with Crippen molar-refractivity contribution in [1.29, 1.82) is 0 Å². The molecular weight excluding hydrogens is 877 g/mol. The lowest BCUT2D eigenvalue weighted by Gasteiger charge is -2.18. The Morgan fingerprint density at radius 2 is 0.549 bits per heavy atom. The van der Waals surface area contributed by atoms with Gasteiger partial charge in [-0.3, -0.25) is 14.4 Å². The average Bonchev–Trinajstić information content (AvgIpc) is 3.37. The van der Waals surface area contributed by atoms with Gasteiger partial charge in [-0.1, -0.05) is 246 Å². The van der Waals surface area contributed by atoms with Crippen molar-refractivity contribution in [3.05, 3.63) is 109 Å². The van der Waals surface area contributed by atoms with Crippen LogP contribution in [0.25, 0.3) is 0 Å². The molecule has 0 aromatic rings. The zero-order valence-corrected chi connectivity index (χ0v) is 46.2. The zero-order valence-electron chi connectivity index (χ0n) is 46.2. The Hall–Kier alpha value is -3.93. The number of ether oxygens (including phenoxy) is 3. The van der Waals surface area contributed by atoms with Gasteiger partial charge in [0.2, 0.25) is 0 Å². The van der Waals surface area contributed by atoms with E-state index in [2.05, 4.69) is 130 Å². The lowest BCUT2D eigenvalue weighted by atomic mass is 10.1. The van der Waals surface area contributed by atoms with E-state index < -0.39 is 6.10 Å². The summed E-state index contributed by atoms with van der Waals surface area (Å²) in [6.07, 6.45) is 79.9. The first-order chi connectivity index (χ1) is 35.0. The van der Waals surface area contributed by atoms with Crippen molar-refractivity contribution in [2.24, 2.45) is 0 Å². The lowest BCUT2D eigenvalue weighted by Crippen LogP contribution is -2.30. The summed E-state index contributed by atoms with van der Waals surface area (Å²) >= 11 is 0. The van der Waals surface area contributed by atoms with Gasteiger partial charge >= 0.3 is 17.9 Å². The molecule has 0 radical (unpaired) electrons. The smallest absolute Gasteiger partial charge is 0.306 e. The summed E-state index contributed by atoms with van der Waals surface area (Å²) in [4.78, 5) is 37.8. The van der Waals surface area contributed by atoms with Crippen LogP contribution < -0.4 is 0 Å². The summed E-state index contributed by atoms with van der Waals surface area (Å²) in [5.74, 6) is -0.915. The maximum atomic E-state index is 12.7. The fraction of sp³-hybridized carbons (Fsp3) is 0.677. The van der Waals surface area contributed by atoms with E-state index in [9.17, 15) is 14.4 Å². The van der Waals surface area contributed by atoms with Crippen molar-refractivity contribution in [3.63, 3.8) is 0 Å². The van der Waals surface area contributed by atoms with Crippen molar-refractivity contribution in [3.8, 4) is 0 Å². The third-order valence-corrected chi connectivity index (χ3v) is 12.3. The highest BCUT2D eigenvalue weighted by Gasteiger charge is 2.19. The Balaban J connectivity index is 4.08. The number of carbonyl (C=O) groups excluding carboxylic acids is 3. The van der Waals surface area contributed by atoms with Crippen LogP contribution in [0.15, 0.2) is 109 Å². The van der Waals surface area contributed by atoms with Crippen LogP contribution in [0.1, 0.15) is 265 Å². The third-order valence-electron chi connectivity index (χ3n) is 12.3. The number of hydrogen-bond donors (Lipinski definition) is 0. The van der Waals surface area contributed by atoms with Crippen molar-refractivity contribution in [2.45, 2.75) is 271 Å². The molecule has 0 bridgehead atoms. The molecule has 0 aliphatic rings. The Labute approximate surface area is 438 Å². The molecule has 0 saturated heterocycles. The molecule has 0 fully saturated rings. The van der Waals surface area contributed by atoms with Gasteiger partial charge in [0.05, 0.1) is 0 Å². The van der Waals surface area contributed by atoms with E-state index >= 15 is 0 Å². The molecule has 0 aromatic heterocycles. The van der Waals surface area contributed by atoms with Crippen LogP contribution in [0.4, 0.5) is 0 Å². The number of esters is 3. The minimum atomic E-state index is -0.782. The highest BCUT2D eigenvalue weighted by molar-refractivity contribution is 5.71. The van der Waals surface area contributed by atoms with Crippen molar-refractivity contribution < 1.29 is 28.6 Å². The van der Waals surface area contributed by atoms with Crippen LogP contribution in [0.3, 0.4) is 0 Å². The van der Waals surface area contributed by atoms with Gasteiger partial charge in [0.15, 0.2) is 6.10 Å². The number of unbranched alkanes of at least 4 members (excludes halogenated alkanes) is 23. The predicted molar refractivity (Wildman–Crippen MR) is 307 cm³/mol. The van der Waals surface area contributed by atoms with E-state index in [4.69, 9.17) is 14.2 Å². The number of hydrogen-bond acceptors (Lipinski definition) is 6. The summed E-state index contributed by atoms with van der Waals surface area (Å²) in [6.45, 7) is 6.42. The summed E-state index contributed by atoms with van der Waals surface area (Å²) in [5, 5.41) is 0. The molecule has 0 amide bonds. The molecule has 0 saturated carbocycles. The average molecular weight is 986 g/mol.